The van der Waals surface area contributed by atoms with Crippen molar-refractivity contribution >= 4 is 23.5 Å². The van der Waals surface area contributed by atoms with E-state index in [1.165, 1.54) is 12.1 Å². The van der Waals surface area contributed by atoms with Crippen LogP contribution in [0.3, 0.4) is 0 Å². The number of carbonyl (C=O) groups excluding carboxylic acids is 2. The summed E-state index contributed by atoms with van der Waals surface area (Å²) in [5.74, 6) is 0.149. The second kappa shape index (κ2) is 19.8. The predicted octanol–water partition coefficient (Wildman–Crippen LogP) is 9.47. The second-order valence-electron chi connectivity index (χ2n) is 17.0. The Morgan fingerprint density at radius 1 is 0.758 bits per heavy atom. The summed E-state index contributed by atoms with van der Waals surface area (Å²) in [6.45, 7) is 9.10. The highest BCUT2D eigenvalue weighted by atomic mass is 19.4. The number of aryl methyl sites for hydroxylation is 2. The van der Waals surface area contributed by atoms with Crippen LogP contribution in [0.5, 0.6) is 5.88 Å². The lowest BCUT2D eigenvalue weighted by Crippen LogP contribution is -2.54. The maximum atomic E-state index is 14.5. The van der Waals surface area contributed by atoms with Crippen LogP contribution in [0, 0.1) is 42.9 Å². The monoisotopic (exact) mass is 913 g/mol. The van der Waals surface area contributed by atoms with E-state index >= 15 is 0 Å². The third-order valence-electron chi connectivity index (χ3n) is 12.5. The van der Waals surface area contributed by atoms with Gasteiger partial charge in [0.25, 0.3) is 11.8 Å². The van der Waals surface area contributed by atoms with Gasteiger partial charge in [-0.05, 0) is 93.3 Å². The molecule has 0 aliphatic carbocycles. The van der Waals surface area contributed by atoms with Crippen molar-refractivity contribution in [3.05, 3.63) is 124 Å². The average molecular weight is 914 g/mol. The number of pyridine rings is 2. The molecule has 0 spiro atoms. The summed E-state index contributed by atoms with van der Waals surface area (Å²) in [5, 5.41) is 16.1. The maximum Gasteiger partial charge on any atom is 0.417 e. The van der Waals surface area contributed by atoms with E-state index < -0.39 is 29.5 Å². The van der Waals surface area contributed by atoms with Crippen molar-refractivity contribution in [1.29, 1.82) is 5.26 Å². The third kappa shape index (κ3) is 10.8. The lowest BCUT2D eigenvalue weighted by molar-refractivity contribution is -0.138. The molecule has 2 N–H and O–H groups in total. The zero-order valence-electron chi connectivity index (χ0n) is 36.7. The van der Waals surface area contributed by atoms with Gasteiger partial charge >= 0.3 is 12.4 Å². The highest BCUT2D eigenvalue weighted by Gasteiger charge is 2.40. The van der Waals surface area contributed by atoms with Crippen LogP contribution >= 0.6 is 0 Å². The number of nitrogens with zero attached hydrogens (tertiary/aromatic N) is 7. The quantitative estimate of drug-likeness (QED) is 0.116. The Morgan fingerprint density at radius 2 is 1.35 bits per heavy atom. The van der Waals surface area contributed by atoms with Gasteiger partial charge in [-0.2, -0.15) is 36.6 Å². The molecular weight excluding hydrogens is 865 g/mol. The lowest BCUT2D eigenvalue weighted by atomic mass is 9.80. The van der Waals surface area contributed by atoms with Crippen LogP contribution in [-0.4, -0.2) is 86.4 Å². The molecule has 2 saturated heterocycles. The van der Waals surface area contributed by atoms with Gasteiger partial charge < -0.3 is 25.2 Å². The van der Waals surface area contributed by atoms with Gasteiger partial charge in [0.15, 0.2) is 5.82 Å². The van der Waals surface area contributed by atoms with Crippen molar-refractivity contribution in [1.82, 2.24) is 29.7 Å². The van der Waals surface area contributed by atoms with E-state index in [0.29, 0.717) is 30.6 Å². The Kier molecular flexibility index (Phi) is 14.1. The van der Waals surface area contributed by atoms with E-state index in [4.69, 9.17) is 9.72 Å². The van der Waals surface area contributed by atoms with E-state index in [0.717, 1.165) is 48.5 Å². The van der Waals surface area contributed by atoms with Crippen LogP contribution in [0.4, 0.5) is 38.0 Å². The zero-order valence-corrected chi connectivity index (χ0v) is 36.7. The van der Waals surface area contributed by atoms with Crippen molar-refractivity contribution in [2.24, 2.45) is 17.8 Å². The summed E-state index contributed by atoms with van der Waals surface area (Å²) < 4.78 is 85.5. The Bertz CT molecular complexity index is 2570. The molecule has 2 aromatic carbocycles. The highest BCUT2D eigenvalue weighted by Crippen LogP contribution is 2.35. The SMILES string of the molecule is Cc1ccc(C#N)c(C(=O)N2CCC(COc3ccnc(-c4ccc(C)cc4C(=O)N4CCCC(C)C4CNc4ccc(C(F)(F)F)cn4)n3)C(C)C2CNc2ccc(C(F)(F)F)cn2)c1. The summed E-state index contributed by atoms with van der Waals surface area (Å²) in [4.78, 5) is 49.4. The summed E-state index contributed by atoms with van der Waals surface area (Å²) in [6.07, 6.45) is -3.83. The van der Waals surface area contributed by atoms with E-state index in [2.05, 4.69) is 31.7 Å². The number of alkyl halides is 6. The number of hydrogen-bond donors (Lipinski definition) is 2. The molecule has 2 aliphatic heterocycles. The topological polar surface area (TPSA) is 149 Å². The van der Waals surface area contributed by atoms with E-state index in [1.54, 1.807) is 52.4 Å². The smallest absolute Gasteiger partial charge is 0.417 e. The first-order chi connectivity index (χ1) is 31.4. The molecule has 0 saturated carbocycles. The summed E-state index contributed by atoms with van der Waals surface area (Å²) in [5.41, 5.74) is 1.27. The van der Waals surface area contributed by atoms with Crippen LogP contribution in [0.25, 0.3) is 11.4 Å². The zero-order chi connectivity index (χ0) is 47.3. The first kappa shape index (κ1) is 47.2. The number of nitriles is 1. The normalized spacial score (nSPS) is 20.0. The molecule has 2 amide bonds. The molecule has 346 valence electrons. The largest absolute Gasteiger partial charge is 0.477 e. The number of halogens is 6. The van der Waals surface area contributed by atoms with Crippen LogP contribution in [0.15, 0.2) is 85.3 Å². The van der Waals surface area contributed by atoms with Crippen LogP contribution in [0.2, 0.25) is 0 Å². The molecule has 66 heavy (non-hydrogen) atoms. The molecule has 0 bridgehead atoms. The molecule has 2 aliphatic rings. The minimum absolute atomic E-state index is 0.0766. The minimum Gasteiger partial charge on any atom is -0.477 e. The van der Waals surface area contributed by atoms with E-state index in [9.17, 15) is 41.2 Å². The molecule has 5 heterocycles. The molecule has 7 rings (SSSR count). The first-order valence-corrected chi connectivity index (χ1v) is 21.6. The van der Waals surface area contributed by atoms with Crippen molar-refractivity contribution < 1.29 is 40.7 Å². The van der Waals surface area contributed by atoms with Gasteiger partial charge in [-0.1, -0.05) is 43.2 Å². The summed E-state index contributed by atoms with van der Waals surface area (Å²) >= 11 is 0. The Balaban J connectivity index is 1.08. The molecule has 5 atom stereocenters. The van der Waals surface area contributed by atoms with E-state index in [-0.39, 0.29) is 89.8 Å². The maximum absolute atomic E-state index is 14.5. The van der Waals surface area contributed by atoms with Gasteiger partial charge in [0.05, 0.1) is 52.6 Å². The number of carbonyl (C=O) groups is 2. The predicted molar refractivity (Wildman–Crippen MR) is 234 cm³/mol. The number of anilines is 2. The summed E-state index contributed by atoms with van der Waals surface area (Å²) in [7, 11) is 0. The third-order valence-corrected chi connectivity index (χ3v) is 12.5. The highest BCUT2D eigenvalue weighted by molar-refractivity contribution is 6.00. The molecule has 18 heteroatoms. The fraction of sp³-hybridized carbons (Fsp3) is 0.396. The molecule has 5 unspecified atom stereocenters. The van der Waals surface area contributed by atoms with Crippen LogP contribution < -0.4 is 15.4 Å². The number of amides is 2. The Morgan fingerprint density at radius 3 is 1.95 bits per heavy atom. The molecule has 2 fully saturated rings. The Hall–Kier alpha value is -6.77. The standard InChI is InChI=1S/C48H49F6N9O3/c1-28-7-9-32(22-55)37(20-28)45(64)63-19-16-33(31(4)40(63)26-60-42-14-11-35(24-58-42)48(52,53)54)27-66-43-15-17-56-44(61-43)36-12-8-29(2)21-38(36)46(65)62-18-5-6-30(3)39(62)25-59-41-13-10-34(23-57-41)47(49,50)51/h7-15,17,20-21,23-24,30-31,33,39-40H,5-6,16,18-19,25-27H2,1-4H3,(H,57,59)(H,58,60). The number of hydrogen-bond acceptors (Lipinski definition) is 10. The van der Waals surface area contributed by atoms with Gasteiger partial charge in [0, 0.05) is 56.4 Å². The molecule has 0 radical (unpaired) electrons. The second-order valence-corrected chi connectivity index (χ2v) is 17.0. The number of aromatic nitrogens is 4. The number of benzene rings is 2. The Labute approximate surface area is 378 Å². The van der Waals surface area contributed by atoms with E-state index in [1.807, 2.05) is 33.8 Å². The van der Waals surface area contributed by atoms with Crippen LogP contribution in [-0.2, 0) is 12.4 Å². The van der Waals surface area contributed by atoms with Gasteiger partial charge in [-0.25, -0.2) is 15.0 Å². The fourth-order valence-electron chi connectivity index (χ4n) is 8.69. The minimum atomic E-state index is -4.55. The molecule has 5 aromatic rings. The number of nitrogens with one attached hydrogen (secondary N) is 2. The van der Waals surface area contributed by atoms with Gasteiger partial charge in [0.1, 0.15) is 11.6 Å². The number of likely N-dealkylation sites (tertiary alicyclic amines) is 2. The van der Waals surface area contributed by atoms with Crippen molar-refractivity contribution in [3.8, 4) is 23.3 Å². The first-order valence-electron chi connectivity index (χ1n) is 21.6. The summed E-state index contributed by atoms with van der Waals surface area (Å²) in [6, 6.07) is 17.8. The number of ether oxygens (including phenoxy) is 1. The van der Waals surface area contributed by atoms with Gasteiger partial charge in [-0.15, -0.1) is 0 Å². The van der Waals surface area contributed by atoms with Crippen molar-refractivity contribution in [3.63, 3.8) is 0 Å². The average Bonchev–Trinajstić information content (AvgIpc) is 3.29. The van der Waals surface area contributed by atoms with Gasteiger partial charge in [-0.3, -0.25) is 9.59 Å². The molecular formula is C48H49F6N9O3. The molecule has 3 aromatic heterocycles. The number of piperidine rings is 2. The van der Waals surface area contributed by atoms with Crippen molar-refractivity contribution in [2.45, 2.75) is 71.4 Å². The van der Waals surface area contributed by atoms with Crippen LogP contribution in [0.1, 0.15) is 81.6 Å². The lowest BCUT2D eigenvalue weighted by Gasteiger charge is -2.44. The fourth-order valence-corrected chi connectivity index (χ4v) is 8.69. The van der Waals surface area contributed by atoms with Gasteiger partial charge in [0.2, 0.25) is 5.88 Å². The molecule has 12 nitrogen and oxygen atoms in total. The van der Waals surface area contributed by atoms with Crippen molar-refractivity contribution in [2.75, 3.05) is 43.4 Å². The number of rotatable bonds is 12.